The van der Waals surface area contributed by atoms with E-state index in [2.05, 4.69) is 10.6 Å². The highest BCUT2D eigenvalue weighted by molar-refractivity contribution is 5.66. The van der Waals surface area contributed by atoms with Crippen LogP contribution in [0.3, 0.4) is 0 Å². The predicted octanol–water partition coefficient (Wildman–Crippen LogP) is 0.732. The molecule has 0 spiro atoms. The Bertz CT molecular complexity index is 156. The number of amides is 1. The highest BCUT2D eigenvalue weighted by Gasteiger charge is 2.13. The van der Waals surface area contributed by atoms with E-state index in [-0.39, 0.29) is 6.09 Å². The van der Waals surface area contributed by atoms with E-state index in [4.69, 9.17) is 4.74 Å². The molecule has 0 aromatic heterocycles. The molecule has 1 saturated heterocycles. The van der Waals surface area contributed by atoms with E-state index in [9.17, 15) is 4.79 Å². The first-order valence-electron chi connectivity index (χ1n) is 4.94. The average Bonchev–Trinajstić information content (AvgIpc) is 2.57. The molecule has 1 rings (SSSR count). The van der Waals surface area contributed by atoms with Crippen LogP contribution in [0.1, 0.15) is 19.8 Å². The summed E-state index contributed by atoms with van der Waals surface area (Å²) < 4.78 is 4.74. The Hall–Kier alpha value is -0.770. The van der Waals surface area contributed by atoms with E-state index in [0.717, 1.165) is 32.0 Å². The zero-order chi connectivity index (χ0) is 9.52. The highest BCUT2D eigenvalue weighted by Crippen LogP contribution is 2.10. The zero-order valence-electron chi connectivity index (χ0n) is 8.14. The molecule has 0 aliphatic carbocycles. The van der Waals surface area contributed by atoms with Crippen LogP contribution in [0, 0.1) is 5.92 Å². The van der Waals surface area contributed by atoms with Crippen molar-refractivity contribution in [2.45, 2.75) is 19.8 Å². The molecular weight excluding hydrogens is 168 g/mol. The molecule has 4 nitrogen and oxygen atoms in total. The van der Waals surface area contributed by atoms with Gasteiger partial charge in [-0.3, -0.25) is 0 Å². The third-order valence-electron chi connectivity index (χ3n) is 2.26. The van der Waals surface area contributed by atoms with Gasteiger partial charge in [0.05, 0.1) is 6.61 Å². The smallest absolute Gasteiger partial charge is 0.407 e. The van der Waals surface area contributed by atoms with E-state index >= 15 is 0 Å². The quantitative estimate of drug-likeness (QED) is 0.680. The number of carbonyl (C=O) groups excluding carboxylic acids is 1. The van der Waals surface area contributed by atoms with Crippen molar-refractivity contribution in [3.8, 4) is 0 Å². The van der Waals surface area contributed by atoms with Gasteiger partial charge >= 0.3 is 6.09 Å². The third kappa shape index (κ3) is 4.12. The van der Waals surface area contributed by atoms with Gasteiger partial charge in [-0.25, -0.2) is 4.79 Å². The topological polar surface area (TPSA) is 50.4 Å². The van der Waals surface area contributed by atoms with Crippen LogP contribution in [-0.4, -0.2) is 32.3 Å². The summed E-state index contributed by atoms with van der Waals surface area (Å²) in [6.45, 7) is 5.18. The Kier molecular flexibility index (Phi) is 4.60. The zero-order valence-corrected chi connectivity index (χ0v) is 8.14. The fourth-order valence-electron chi connectivity index (χ4n) is 1.52. The number of ether oxygens (including phenoxy) is 1. The minimum absolute atomic E-state index is 0.298. The van der Waals surface area contributed by atoms with Crippen molar-refractivity contribution >= 4 is 6.09 Å². The van der Waals surface area contributed by atoms with Crippen molar-refractivity contribution in [1.29, 1.82) is 0 Å². The molecule has 1 aliphatic rings. The Balaban J connectivity index is 1.96. The SMILES string of the molecule is CCOC(=O)NCCC1CCNC1. The van der Waals surface area contributed by atoms with Gasteiger partial charge in [0.2, 0.25) is 0 Å². The van der Waals surface area contributed by atoms with Crippen molar-refractivity contribution in [3.05, 3.63) is 0 Å². The summed E-state index contributed by atoms with van der Waals surface area (Å²) in [5.74, 6) is 0.724. The molecule has 0 aromatic carbocycles. The van der Waals surface area contributed by atoms with E-state index in [1.165, 1.54) is 6.42 Å². The highest BCUT2D eigenvalue weighted by atomic mass is 16.5. The van der Waals surface area contributed by atoms with Crippen molar-refractivity contribution < 1.29 is 9.53 Å². The van der Waals surface area contributed by atoms with Gasteiger partial charge in [0, 0.05) is 6.54 Å². The maximum atomic E-state index is 10.9. The summed E-state index contributed by atoms with van der Waals surface area (Å²) in [4.78, 5) is 10.9. The van der Waals surface area contributed by atoms with Gasteiger partial charge in [0.1, 0.15) is 0 Å². The molecule has 1 unspecified atom stereocenters. The second kappa shape index (κ2) is 5.80. The second-order valence-electron chi connectivity index (χ2n) is 3.29. The molecule has 76 valence electrons. The summed E-state index contributed by atoms with van der Waals surface area (Å²) in [5.41, 5.74) is 0. The van der Waals surface area contributed by atoms with Gasteiger partial charge in [-0.05, 0) is 38.8 Å². The summed E-state index contributed by atoms with van der Waals surface area (Å²) in [6.07, 6.45) is 1.98. The van der Waals surface area contributed by atoms with E-state index in [1.807, 2.05) is 0 Å². The van der Waals surface area contributed by atoms with Gasteiger partial charge in [-0.1, -0.05) is 0 Å². The van der Waals surface area contributed by atoms with Crippen molar-refractivity contribution in [2.75, 3.05) is 26.2 Å². The number of alkyl carbamates (subject to hydrolysis) is 1. The molecule has 0 bridgehead atoms. The van der Waals surface area contributed by atoms with Gasteiger partial charge in [0.25, 0.3) is 0 Å². The summed E-state index contributed by atoms with van der Waals surface area (Å²) >= 11 is 0. The molecule has 1 fully saturated rings. The van der Waals surface area contributed by atoms with Gasteiger partial charge in [-0.2, -0.15) is 0 Å². The van der Waals surface area contributed by atoms with Gasteiger partial charge in [0.15, 0.2) is 0 Å². The lowest BCUT2D eigenvalue weighted by atomic mass is 10.1. The Labute approximate surface area is 79.0 Å². The standard InChI is InChI=1S/C9H18N2O2/c1-2-13-9(12)11-6-4-8-3-5-10-7-8/h8,10H,2-7H2,1H3,(H,11,12). The molecule has 4 heteroatoms. The molecule has 0 saturated carbocycles. The van der Waals surface area contributed by atoms with Gasteiger partial charge < -0.3 is 15.4 Å². The number of rotatable bonds is 4. The van der Waals surface area contributed by atoms with Crippen molar-refractivity contribution in [1.82, 2.24) is 10.6 Å². The molecule has 0 aromatic rings. The minimum Gasteiger partial charge on any atom is -0.450 e. The first kappa shape index (κ1) is 10.3. The molecule has 1 aliphatic heterocycles. The van der Waals surface area contributed by atoms with E-state index in [0.29, 0.717) is 6.61 Å². The average molecular weight is 186 g/mol. The minimum atomic E-state index is -0.298. The van der Waals surface area contributed by atoms with Crippen LogP contribution in [0.4, 0.5) is 4.79 Å². The predicted molar refractivity (Wildman–Crippen MR) is 50.6 cm³/mol. The van der Waals surface area contributed by atoms with Crippen LogP contribution in [-0.2, 0) is 4.74 Å². The Morgan fingerprint density at radius 2 is 2.54 bits per heavy atom. The number of hydrogen-bond acceptors (Lipinski definition) is 3. The molecular formula is C9H18N2O2. The number of hydrogen-bond donors (Lipinski definition) is 2. The number of nitrogens with one attached hydrogen (secondary N) is 2. The maximum absolute atomic E-state index is 10.9. The Morgan fingerprint density at radius 3 is 3.15 bits per heavy atom. The molecule has 1 atom stereocenters. The van der Waals surface area contributed by atoms with Crippen LogP contribution in [0.2, 0.25) is 0 Å². The van der Waals surface area contributed by atoms with Crippen LogP contribution in [0.25, 0.3) is 0 Å². The molecule has 1 amide bonds. The van der Waals surface area contributed by atoms with Crippen LogP contribution in [0.5, 0.6) is 0 Å². The fraction of sp³-hybridized carbons (Fsp3) is 0.889. The summed E-state index contributed by atoms with van der Waals surface area (Å²) in [5, 5.41) is 6.01. The summed E-state index contributed by atoms with van der Waals surface area (Å²) in [6, 6.07) is 0. The monoisotopic (exact) mass is 186 g/mol. The third-order valence-corrected chi connectivity index (χ3v) is 2.26. The van der Waals surface area contributed by atoms with E-state index in [1.54, 1.807) is 6.92 Å². The normalized spacial score (nSPS) is 21.5. The van der Waals surface area contributed by atoms with Gasteiger partial charge in [-0.15, -0.1) is 0 Å². The molecule has 0 radical (unpaired) electrons. The number of carbonyl (C=O) groups is 1. The largest absolute Gasteiger partial charge is 0.450 e. The van der Waals surface area contributed by atoms with Crippen molar-refractivity contribution in [3.63, 3.8) is 0 Å². The van der Waals surface area contributed by atoms with Crippen LogP contribution in [0.15, 0.2) is 0 Å². The Morgan fingerprint density at radius 1 is 1.69 bits per heavy atom. The van der Waals surface area contributed by atoms with E-state index < -0.39 is 0 Å². The molecule has 1 heterocycles. The lowest BCUT2D eigenvalue weighted by molar-refractivity contribution is 0.151. The summed E-state index contributed by atoms with van der Waals surface area (Å²) in [7, 11) is 0. The van der Waals surface area contributed by atoms with Crippen molar-refractivity contribution in [2.24, 2.45) is 5.92 Å². The molecule has 2 N–H and O–H groups in total. The van der Waals surface area contributed by atoms with Crippen LogP contribution < -0.4 is 10.6 Å². The fourth-order valence-corrected chi connectivity index (χ4v) is 1.52. The second-order valence-corrected chi connectivity index (χ2v) is 3.29. The maximum Gasteiger partial charge on any atom is 0.407 e. The van der Waals surface area contributed by atoms with Crippen LogP contribution >= 0.6 is 0 Å². The first-order chi connectivity index (χ1) is 6.33. The first-order valence-corrected chi connectivity index (χ1v) is 4.94. The molecule has 13 heavy (non-hydrogen) atoms. The lowest BCUT2D eigenvalue weighted by Crippen LogP contribution is -2.27. The lowest BCUT2D eigenvalue weighted by Gasteiger charge is -2.08.